The Balaban J connectivity index is 2.15. The smallest absolute Gasteiger partial charge is 0.326 e. The van der Waals surface area contributed by atoms with Gasteiger partial charge in [-0.25, -0.2) is 4.79 Å². The SMILES string of the molecule is [2H]c1cc(CN(C(=O)CCCC)[C@]([2H])(C(=O)O)C([2H])(C([2H])([2H])[2H])C([2H])([2H])[2H])ccc1-c1ccccc1-c1nn[nH]n1. The Kier molecular flexibility index (Phi) is 4.59. The van der Waals surface area contributed by atoms with Gasteiger partial charge in [-0.05, 0) is 34.2 Å². The predicted molar refractivity (Wildman–Crippen MR) is 121 cm³/mol. The number of benzene rings is 2. The Labute approximate surface area is 200 Å². The summed E-state index contributed by atoms with van der Waals surface area (Å²) < 4.78 is 72.7. The van der Waals surface area contributed by atoms with Crippen LogP contribution < -0.4 is 0 Å². The monoisotopic (exact) mass is 444 g/mol. The third kappa shape index (κ3) is 5.38. The second kappa shape index (κ2) is 10.7. The lowest BCUT2D eigenvalue weighted by molar-refractivity contribution is -0.153. The molecule has 1 aromatic heterocycles. The van der Waals surface area contributed by atoms with Crippen LogP contribution in [0.4, 0.5) is 0 Å². The molecule has 0 bridgehead atoms. The minimum atomic E-state index is -3.92. The largest absolute Gasteiger partial charge is 0.480 e. The summed E-state index contributed by atoms with van der Waals surface area (Å²) in [5.41, 5.74) is 1.66. The van der Waals surface area contributed by atoms with E-state index in [9.17, 15) is 14.7 Å². The van der Waals surface area contributed by atoms with E-state index in [0.717, 1.165) is 0 Å². The zero-order chi connectivity index (χ0) is 30.8. The highest BCUT2D eigenvalue weighted by molar-refractivity contribution is 5.84. The maximum absolute atomic E-state index is 13.3. The fourth-order valence-corrected chi connectivity index (χ4v) is 3.21. The number of carboxylic acids is 1. The number of nitrogens with one attached hydrogen (secondary N) is 1. The molecule has 168 valence electrons. The van der Waals surface area contributed by atoms with Crippen LogP contribution in [0.2, 0.25) is 0 Å². The van der Waals surface area contributed by atoms with E-state index < -0.39 is 44.0 Å². The quantitative estimate of drug-likeness (QED) is 0.485. The molecule has 2 N–H and O–H groups in total. The van der Waals surface area contributed by atoms with Gasteiger partial charge in [-0.15, -0.1) is 10.2 Å². The maximum Gasteiger partial charge on any atom is 0.326 e. The number of aromatic amines is 1. The standard InChI is InChI=1S/C24H29N5O3/c1-4-5-10-21(30)29(22(16(2)3)24(31)32)15-17-11-13-18(14-12-17)19-8-6-7-9-20(19)23-25-27-28-26-23/h6-9,11-14,16,22H,4-5,10,15H2,1-3H3,(H,31,32)(H,25,26,27,28)/t22-/m0/s1/i2D3,3D3,13D,16D,22D. The molecule has 0 saturated heterocycles. The Morgan fingerprint density at radius 2 is 2.00 bits per heavy atom. The number of unbranched alkanes of at least 4 members (excludes halogenated alkanes) is 1. The van der Waals surface area contributed by atoms with Gasteiger partial charge < -0.3 is 10.0 Å². The fraction of sp³-hybridized carbons (Fsp3) is 0.375. The number of carbonyl (C=O) groups excluding carboxylic acids is 1. The lowest BCUT2D eigenvalue weighted by atomic mass is 9.97. The summed E-state index contributed by atoms with van der Waals surface area (Å²) in [6, 6.07) is 7.35. The van der Waals surface area contributed by atoms with Crippen molar-refractivity contribution in [2.75, 3.05) is 0 Å². The third-order valence-electron chi connectivity index (χ3n) is 4.78. The van der Waals surface area contributed by atoms with Gasteiger partial charge in [0, 0.05) is 28.1 Å². The first-order valence-electron chi connectivity index (χ1n) is 14.5. The summed E-state index contributed by atoms with van der Waals surface area (Å²) in [6.45, 7) is -6.58. The van der Waals surface area contributed by atoms with Crippen LogP contribution in [0.3, 0.4) is 0 Å². The summed E-state index contributed by atoms with van der Waals surface area (Å²) in [6.07, 6.45) is 0.424. The molecular weight excluding hydrogens is 406 g/mol. The number of amides is 1. The molecule has 0 aliphatic carbocycles. The molecule has 0 saturated carbocycles. The summed E-state index contributed by atoms with van der Waals surface area (Å²) in [4.78, 5) is 26.2. The number of carboxylic acid groups (broad SMARTS) is 1. The number of H-pyrrole nitrogens is 1. The van der Waals surface area contributed by atoms with Crippen LogP contribution in [0, 0.1) is 5.89 Å². The van der Waals surface area contributed by atoms with Crippen molar-refractivity contribution in [3.8, 4) is 22.5 Å². The van der Waals surface area contributed by atoms with E-state index in [1.54, 1.807) is 31.2 Å². The average Bonchev–Trinajstić information content (AvgIpc) is 3.43. The molecule has 0 fully saturated rings. The number of tetrazole rings is 1. The van der Waals surface area contributed by atoms with Gasteiger partial charge in [0.25, 0.3) is 0 Å². The van der Waals surface area contributed by atoms with Crippen LogP contribution in [-0.2, 0) is 16.1 Å². The van der Waals surface area contributed by atoms with Crippen molar-refractivity contribution in [2.45, 2.75) is 52.5 Å². The van der Waals surface area contributed by atoms with Crippen molar-refractivity contribution in [1.82, 2.24) is 25.5 Å². The van der Waals surface area contributed by atoms with Crippen molar-refractivity contribution in [3.05, 3.63) is 54.1 Å². The fourth-order valence-electron chi connectivity index (χ4n) is 3.21. The number of hydrogen-bond acceptors (Lipinski definition) is 5. The van der Waals surface area contributed by atoms with Crippen LogP contribution in [0.25, 0.3) is 22.5 Å². The Bertz CT molecular complexity index is 1380. The first kappa shape index (κ1) is 13.8. The van der Waals surface area contributed by atoms with Gasteiger partial charge in [-0.1, -0.05) is 75.6 Å². The topological polar surface area (TPSA) is 112 Å². The Morgan fingerprint density at radius 3 is 2.62 bits per heavy atom. The summed E-state index contributed by atoms with van der Waals surface area (Å²) in [5.74, 6) is -6.93. The number of aromatic nitrogens is 4. The number of hydrogen-bond donors (Lipinski definition) is 2. The maximum atomic E-state index is 13.3. The number of rotatable bonds is 10. The number of nitrogens with zero attached hydrogens (tertiary/aromatic N) is 4. The molecule has 3 aromatic rings. The molecular formula is C24H29N5O3. The van der Waals surface area contributed by atoms with Gasteiger partial charge in [0.1, 0.15) is 6.02 Å². The molecule has 0 spiro atoms. The Morgan fingerprint density at radius 1 is 1.22 bits per heavy atom. The minimum absolute atomic E-state index is 0.0749. The molecule has 0 unspecified atom stereocenters. The van der Waals surface area contributed by atoms with Gasteiger partial charge in [-0.2, -0.15) is 5.21 Å². The van der Waals surface area contributed by atoms with E-state index in [4.69, 9.17) is 12.3 Å². The predicted octanol–water partition coefficient (Wildman–Crippen LogP) is 4.16. The van der Waals surface area contributed by atoms with Crippen molar-refractivity contribution < 1.29 is 27.0 Å². The van der Waals surface area contributed by atoms with Gasteiger partial charge in [0.2, 0.25) is 11.7 Å². The average molecular weight is 445 g/mol. The third-order valence-corrected chi connectivity index (χ3v) is 4.78. The summed E-state index contributed by atoms with van der Waals surface area (Å²) in [7, 11) is 0. The van der Waals surface area contributed by atoms with Gasteiger partial charge in [-0.3, -0.25) is 4.79 Å². The zero-order valence-corrected chi connectivity index (χ0v) is 17.4. The van der Waals surface area contributed by atoms with E-state index >= 15 is 0 Å². The van der Waals surface area contributed by atoms with E-state index in [-0.39, 0.29) is 30.3 Å². The molecule has 1 atom stereocenters. The highest BCUT2D eigenvalue weighted by Gasteiger charge is 2.32. The molecule has 1 heterocycles. The van der Waals surface area contributed by atoms with Crippen molar-refractivity contribution in [3.63, 3.8) is 0 Å². The van der Waals surface area contributed by atoms with Crippen LogP contribution >= 0.6 is 0 Å². The number of aliphatic carboxylic acids is 1. The first-order chi connectivity index (χ1) is 19.0. The van der Waals surface area contributed by atoms with Crippen LogP contribution in [0.1, 0.15) is 57.8 Å². The van der Waals surface area contributed by atoms with Crippen molar-refractivity contribution in [2.24, 2.45) is 5.89 Å². The van der Waals surface area contributed by atoms with E-state index in [0.29, 0.717) is 28.0 Å². The highest BCUT2D eigenvalue weighted by atomic mass is 16.4. The molecule has 0 radical (unpaired) electrons. The molecule has 1 amide bonds. The number of carbonyl (C=O) groups is 2. The molecule has 8 nitrogen and oxygen atoms in total. The first-order valence-corrected chi connectivity index (χ1v) is 9.97. The molecule has 0 aliphatic rings. The molecule has 3 rings (SSSR count). The highest BCUT2D eigenvalue weighted by Crippen LogP contribution is 2.30. The van der Waals surface area contributed by atoms with Crippen LogP contribution in [0.15, 0.2) is 48.5 Å². The Hall–Kier alpha value is -3.55. The minimum Gasteiger partial charge on any atom is -0.480 e. The van der Waals surface area contributed by atoms with Crippen LogP contribution in [-0.4, -0.2) is 48.5 Å². The van der Waals surface area contributed by atoms with E-state index in [1.807, 2.05) is 0 Å². The van der Waals surface area contributed by atoms with E-state index in [1.165, 1.54) is 18.2 Å². The van der Waals surface area contributed by atoms with Gasteiger partial charge >= 0.3 is 5.97 Å². The van der Waals surface area contributed by atoms with Gasteiger partial charge in [0.15, 0.2) is 0 Å². The normalized spacial score (nSPS) is 18.2. The lowest BCUT2D eigenvalue weighted by Gasteiger charge is -2.32. The molecule has 2 aromatic carbocycles. The molecule has 8 heteroatoms. The van der Waals surface area contributed by atoms with Crippen LogP contribution in [0.5, 0.6) is 0 Å². The van der Waals surface area contributed by atoms with Gasteiger partial charge in [0.05, 0.1) is 2.74 Å². The van der Waals surface area contributed by atoms with Crippen molar-refractivity contribution in [1.29, 1.82) is 0 Å². The summed E-state index contributed by atoms with van der Waals surface area (Å²) >= 11 is 0. The zero-order valence-electron chi connectivity index (χ0n) is 26.4. The second-order valence-electron chi connectivity index (χ2n) is 7.00. The molecule has 32 heavy (non-hydrogen) atoms. The van der Waals surface area contributed by atoms with E-state index in [2.05, 4.69) is 20.6 Å². The van der Waals surface area contributed by atoms with Crippen molar-refractivity contribution >= 4 is 11.9 Å². The second-order valence-corrected chi connectivity index (χ2v) is 7.00. The lowest BCUT2D eigenvalue weighted by Crippen LogP contribution is -2.47. The summed E-state index contributed by atoms with van der Waals surface area (Å²) in [5, 5.41) is 24.0. The molecule has 0 aliphatic heterocycles.